The Kier molecular flexibility index (Phi) is 8.87. The maximum atomic E-state index is 2.52. The molecule has 3 heteroatoms. The highest BCUT2D eigenvalue weighted by Crippen LogP contribution is 2.42. The van der Waals surface area contributed by atoms with Crippen LogP contribution in [0.2, 0.25) is 0 Å². The summed E-state index contributed by atoms with van der Waals surface area (Å²) in [6, 6.07) is 94.3. The van der Waals surface area contributed by atoms with Gasteiger partial charge in [0.25, 0.3) is 0 Å². The van der Waals surface area contributed by atoms with E-state index in [9.17, 15) is 0 Å². The van der Waals surface area contributed by atoms with Gasteiger partial charge in [0.15, 0.2) is 8.07 Å². The number of benzene rings is 10. The highest BCUT2D eigenvalue weighted by molar-refractivity contribution is 7.20. The Hall–Kier alpha value is -7.98. The van der Waals surface area contributed by atoms with Crippen LogP contribution in [0.25, 0.3) is 77.2 Å². The Morgan fingerprint density at radius 1 is 0.254 bits per heavy atom. The highest BCUT2D eigenvalue weighted by atomic mass is 28.3. The van der Waals surface area contributed by atoms with Crippen molar-refractivity contribution in [3.8, 4) is 33.6 Å². The largest absolute Gasteiger partial charge is 0.309 e. The topological polar surface area (TPSA) is 9.86 Å². The standard InChI is InChI=1S/C60H42N2Si/c1-6-21-43(22-7-1)50-33-20-34-51(44-23-8-2-9-24-44)60(50)62-57-36-19-17-32-53(57)54-39-37-45(41-58(54)62)61-56-35-18-16-31-52(56)55-40-38-49(42-59(55)61)63(46-25-10-3-11-26-46,47-27-12-4-13-28-47)48-29-14-5-15-30-48/h1-42H. The summed E-state index contributed by atoms with van der Waals surface area (Å²) in [5, 5.41) is 10.4. The van der Waals surface area contributed by atoms with Gasteiger partial charge in [-0.3, -0.25) is 0 Å². The van der Waals surface area contributed by atoms with Crippen molar-refractivity contribution in [1.82, 2.24) is 9.13 Å². The molecule has 12 aromatic rings. The van der Waals surface area contributed by atoms with Crippen molar-refractivity contribution in [1.29, 1.82) is 0 Å². The van der Waals surface area contributed by atoms with Gasteiger partial charge in [-0.25, -0.2) is 0 Å². The molecule has 2 aromatic heterocycles. The van der Waals surface area contributed by atoms with Gasteiger partial charge in [0.05, 0.1) is 27.8 Å². The third-order valence-corrected chi connectivity index (χ3v) is 17.8. The summed E-state index contributed by atoms with van der Waals surface area (Å²) >= 11 is 0. The van der Waals surface area contributed by atoms with Gasteiger partial charge in [0.1, 0.15) is 0 Å². The van der Waals surface area contributed by atoms with Crippen molar-refractivity contribution in [2.45, 2.75) is 0 Å². The monoisotopic (exact) mass is 818 g/mol. The van der Waals surface area contributed by atoms with Gasteiger partial charge in [0, 0.05) is 38.4 Å². The molecule has 0 saturated carbocycles. The number of aromatic nitrogens is 2. The van der Waals surface area contributed by atoms with Gasteiger partial charge in [-0.15, -0.1) is 0 Å². The molecule has 0 atom stereocenters. The lowest BCUT2D eigenvalue weighted by atomic mass is 9.95. The minimum atomic E-state index is -2.80. The van der Waals surface area contributed by atoms with Crippen LogP contribution >= 0.6 is 0 Å². The van der Waals surface area contributed by atoms with Crippen molar-refractivity contribution in [3.63, 3.8) is 0 Å². The van der Waals surface area contributed by atoms with Gasteiger partial charge >= 0.3 is 0 Å². The molecular weight excluding hydrogens is 777 g/mol. The first kappa shape index (κ1) is 36.8. The number of hydrogen-bond donors (Lipinski definition) is 0. The Bertz CT molecular complexity index is 3440. The highest BCUT2D eigenvalue weighted by Gasteiger charge is 2.41. The Morgan fingerprint density at radius 3 is 1.16 bits per heavy atom. The first-order chi connectivity index (χ1) is 31.3. The van der Waals surface area contributed by atoms with Crippen molar-refractivity contribution < 1.29 is 0 Å². The van der Waals surface area contributed by atoms with Gasteiger partial charge in [-0.2, -0.15) is 0 Å². The summed E-state index contributed by atoms with van der Waals surface area (Å²) in [6.45, 7) is 0. The number of rotatable bonds is 8. The SMILES string of the molecule is c1ccc(-c2cccc(-c3ccccc3)c2-n2c3ccccc3c3ccc(-n4c5ccccc5c5ccc([Si](c6ccccc6)(c6ccccc6)c6ccccc6)cc54)cc32)cc1. The Labute approximate surface area is 368 Å². The molecule has 12 rings (SSSR count). The van der Waals surface area contributed by atoms with E-state index in [1.54, 1.807) is 0 Å². The molecule has 0 N–H and O–H groups in total. The fourth-order valence-electron chi connectivity index (χ4n) is 10.4. The molecule has 0 bridgehead atoms. The zero-order valence-electron chi connectivity index (χ0n) is 34.6. The third kappa shape index (κ3) is 5.85. The van der Waals surface area contributed by atoms with Crippen molar-refractivity contribution in [2.75, 3.05) is 0 Å². The van der Waals surface area contributed by atoms with E-state index in [0.29, 0.717) is 0 Å². The van der Waals surface area contributed by atoms with Crippen molar-refractivity contribution in [2.24, 2.45) is 0 Å². The lowest BCUT2D eigenvalue weighted by Crippen LogP contribution is -2.74. The third-order valence-electron chi connectivity index (χ3n) is 13.1. The minimum absolute atomic E-state index is 1.12. The zero-order chi connectivity index (χ0) is 41.7. The molecular formula is C60H42N2Si. The van der Waals surface area contributed by atoms with E-state index in [-0.39, 0.29) is 0 Å². The first-order valence-corrected chi connectivity index (χ1v) is 23.8. The maximum absolute atomic E-state index is 2.80. The zero-order valence-corrected chi connectivity index (χ0v) is 35.6. The molecule has 0 aliphatic heterocycles. The number of fused-ring (bicyclic) bond motifs is 6. The molecule has 63 heavy (non-hydrogen) atoms. The molecule has 10 aromatic carbocycles. The van der Waals surface area contributed by atoms with Crippen LogP contribution in [0.15, 0.2) is 255 Å². The van der Waals surface area contributed by atoms with E-state index < -0.39 is 8.07 Å². The second-order valence-electron chi connectivity index (χ2n) is 16.4. The summed E-state index contributed by atoms with van der Waals surface area (Å²) in [4.78, 5) is 0. The summed E-state index contributed by atoms with van der Waals surface area (Å²) in [5.74, 6) is 0. The molecule has 2 nitrogen and oxygen atoms in total. The van der Waals surface area contributed by atoms with E-state index in [0.717, 1.165) is 11.2 Å². The van der Waals surface area contributed by atoms with Crippen LogP contribution in [0.1, 0.15) is 0 Å². The van der Waals surface area contributed by atoms with Crippen LogP contribution in [0.3, 0.4) is 0 Å². The summed E-state index contributed by atoms with van der Waals surface area (Å²) in [7, 11) is -2.80. The van der Waals surface area contributed by atoms with Crippen LogP contribution in [0, 0.1) is 0 Å². The van der Waals surface area contributed by atoms with Gasteiger partial charge in [0.2, 0.25) is 0 Å². The van der Waals surface area contributed by atoms with Crippen LogP contribution in [-0.4, -0.2) is 17.2 Å². The first-order valence-electron chi connectivity index (χ1n) is 21.8. The quantitative estimate of drug-likeness (QED) is 0.107. The summed E-state index contributed by atoms with van der Waals surface area (Å²) in [6.07, 6.45) is 0. The summed E-state index contributed by atoms with van der Waals surface area (Å²) < 4.78 is 5.03. The van der Waals surface area contributed by atoms with Gasteiger partial charge < -0.3 is 9.13 Å². The molecule has 296 valence electrons. The molecule has 0 fully saturated rings. The van der Waals surface area contributed by atoms with E-state index in [1.807, 2.05) is 0 Å². The van der Waals surface area contributed by atoms with Gasteiger partial charge in [-0.05, 0) is 62.2 Å². The Balaban J connectivity index is 1.18. The molecule has 0 saturated heterocycles. The molecule has 0 aliphatic carbocycles. The van der Waals surface area contributed by atoms with Crippen LogP contribution < -0.4 is 20.7 Å². The van der Waals surface area contributed by atoms with Gasteiger partial charge in [-0.1, -0.05) is 224 Å². The fourth-order valence-corrected chi connectivity index (χ4v) is 15.1. The van der Waals surface area contributed by atoms with E-state index in [1.165, 1.54) is 86.8 Å². The summed E-state index contributed by atoms with van der Waals surface area (Å²) in [5.41, 5.74) is 11.8. The molecule has 2 heterocycles. The number of nitrogens with zero attached hydrogens (tertiary/aromatic N) is 2. The lowest BCUT2D eigenvalue weighted by Gasteiger charge is -2.34. The molecule has 0 spiro atoms. The smallest absolute Gasteiger partial charge is 0.179 e. The van der Waals surface area contributed by atoms with Crippen LogP contribution in [-0.2, 0) is 0 Å². The predicted molar refractivity (Wildman–Crippen MR) is 270 cm³/mol. The Morgan fingerprint density at radius 2 is 0.651 bits per heavy atom. The van der Waals surface area contributed by atoms with Crippen molar-refractivity contribution in [3.05, 3.63) is 255 Å². The maximum Gasteiger partial charge on any atom is 0.179 e. The molecule has 0 amide bonds. The lowest BCUT2D eigenvalue weighted by molar-refractivity contribution is 1.16. The van der Waals surface area contributed by atoms with Crippen LogP contribution in [0.4, 0.5) is 0 Å². The normalized spacial score (nSPS) is 11.8. The van der Waals surface area contributed by atoms with E-state index >= 15 is 0 Å². The van der Waals surface area contributed by atoms with Crippen LogP contribution in [0.5, 0.6) is 0 Å². The molecule has 0 aliphatic rings. The minimum Gasteiger partial charge on any atom is -0.309 e. The average Bonchev–Trinajstić information content (AvgIpc) is 3.87. The fraction of sp³-hybridized carbons (Fsp3) is 0. The number of hydrogen-bond acceptors (Lipinski definition) is 0. The molecule has 0 radical (unpaired) electrons. The average molecular weight is 819 g/mol. The molecule has 0 unspecified atom stereocenters. The predicted octanol–water partition coefficient (Wildman–Crippen LogP) is 12.6. The van der Waals surface area contributed by atoms with Crippen molar-refractivity contribution >= 4 is 72.4 Å². The van der Waals surface area contributed by atoms with E-state index in [2.05, 4.69) is 264 Å². The van der Waals surface area contributed by atoms with E-state index in [4.69, 9.17) is 0 Å². The second kappa shape index (κ2) is 15.2. The number of para-hydroxylation sites is 3. The second-order valence-corrected chi connectivity index (χ2v) is 20.2.